The summed E-state index contributed by atoms with van der Waals surface area (Å²) < 4.78 is 2.01. The minimum atomic E-state index is 0.459. The molecule has 2 heterocycles. The molecule has 3 rings (SSSR count). The van der Waals surface area contributed by atoms with Crippen LogP contribution in [0.2, 0.25) is 5.02 Å². The zero-order chi connectivity index (χ0) is 12.5. The summed E-state index contributed by atoms with van der Waals surface area (Å²) in [7, 11) is 0. The first-order chi connectivity index (χ1) is 8.75. The average Bonchev–Trinajstić information content (AvgIpc) is 3.00. The lowest BCUT2D eigenvalue weighted by Crippen LogP contribution is -2.13. The second-order valence-electron chi connectivity index (χ2n) is 4.70. The van der Waals surface area contributed by atoms with Gasteiger partial charge in [0.1, 0.15) is 5.82 Å². The van der Waals surface area contributed by atoms with Gasteiger partial charge in [-0.3, -0.25) is 0 Å². The van der Waals surface area contributed by atoms with Crippen LogP contribution in [0, 0.1) is 6.92 Å². The van der Waals surface area contributed by atoms with Gasteiger partial charge in [-0.05, 0) is 44.0 Å². The molecule has 0 amide bonds. The lowest BCUT2D eigenvalue weighted by atomic mass is 10.1. The van der Waals surface area contributed by atoms with Crippen molar-refractivity contribution in [3.05, 3.63) is 47.0 Å². The highest BCUT2D eigenvalue weighted by atomic mass is 35.5. The van der Waals surface area contributed by atoms with Crippen molar-refractivity contribution in [3.63, 3.8) is 0 Å². The van der Waals surface area contributed by atoms with Crippen LogP contribution in [-0.2, 0) is 0 Å². The smallest absolute Gasteiger partial charge is 0.110 e. The quantitative estimate of drug-likeness (QED) is 0.899. The Hall–Kier alpha value is -1.32. The number of rotatable bonds is 2. The van der Waals surface area contributed by atoms with Crippen LogP contribution in [0.3, 0.4) is 0 Å². The molecule has 1 N–H and O–H groups in total. The number of aryl methyl sites for hydroxylation is 1. The predicted octanol–water partition coefficient (Wildman–Crippen LogP) is 3.26. The van der Waals surface area contributed by atoms with Crippen LogP contribution in [0.5, 0.6) is 0 Å². The molecule has 2 aromatic rings. The first kappa shape index (κ1) is 11.8. The molecular weight excluding hydrogens is 246 g/mol. The Balaban J connectivity index is 1.96. The van der Waals surface area contributed by atoms with Crippen molar-refractivity contribution in [3.8, 4) is 5.69 Å². The van der Waals surface area contributed by atoms with Crippen LogP contribution >= 0.6 is 11.6 Å². The molecule has 1 aliphatic rings. The maximum atomic E-state index is 6.39. The second-order valence-corrected chi connectivity index (χ2v) is 5.11. The van der Waals surface area contributed by atoms with Gasteiger partial charge in [0.25, 0.3) is 0 Å². The maximum Gasteiger partial charge on any atom is 0.110 e. The van der Waals surface area contributed by atoms with E-state index in [0.717, 1.165) is 23.1 Å². The number of nitrogens with one attached hydrogen (secondary N) is 1. The number of aromatic nitrogens is 2. The van der Waals surface area contributed by atoms with Gasteiger partial charge in [-0.15, -0.1) is 0 Å². The lowest BCUT2D eigenvalue weighted by molar-refractivity contribution is 0.647. The molecule has 94 valence electrons. The summed E-state index contributed by atoms with van der Waals surface area (Å²) in [4.78, 5) is 4.23. The van der Waals surface area contributed by atoms with Crippen molar-refractivity contribution in [2.75, 3.05) is 6.54 Å². The predicted molar refractivity (Wildman–Crippen MR) is 73.3 cm³/mol. The molecule has 0 spiro atoms. The van der Waals surface area contributed by atoms with E-state index < -0.39 is 0 Å². The number of hydrogen-bond donors (Lipinski definition) is 1. The van der Waals surface area contributed by atoms with E-state index in [1.807, 2.05) is 17.7 Å². The van der Waals surface area contributed by atoms with Gasteiger partial charge in [0.2, 0.25) is 0 Å². The summed E-state index contributed by atoms with van der Waals surface area (Å²) in [5, 5.41) is 4.27. The molecule has 1 aromatic heterocycles. The molecule has 1 unspecified atom stereocenters. The van der Waals surface area contributed by atoms with Crippen molar-refractivity contribution in [2.45, 2.75) is 25.8 Å². The molecule has 0 saturated carbocycles. The van der Waals surface area contributed by atoms with Crippen molar-refractivity contribution in [1.29, 1.82) is 0 Å². The zero-order valence-corrected chi connectivity index (χ0v) is 11.1. The van der Waals surface area contributed by atoms with Crippen molar-refractivity contribution in [1.82, 2.24) is 14.9 Å². The molecule has 0 aliphatic carbocycles. The third kappa shape index (κ3) is 2.04. The molecule has 1 aliphatic heterocycles. The number of halogens is 1. The molecular formula is C14H16ClN3. The topological polar surface area (TPSA) is 29.9 Å². The summed E-state index contributed by atoms with van der Waals surface area (Å²) in [5.74, 6) is 0.948. The molecule has 4 heteroatoms. The molecule has 3 nitrogen and oxygen atoms in total. The summed E-state index contributed by atoms with van der Waals surface area (Å²) in [6.45, 7) is 3.08. The van der Waals surface area contributed by atoms with Gasteiger partial charge in [-0.1, -0.05) is 17.7 Å². The lowest BCUT2D eigenvalue weighted by Gasteiger charge is -2.14. The van der Waals surface area contributed by atoms with Gasteiger partial charge >= 0.3 is 0 Å². The van der Waals surface area contributed by atoms with Crippen LogP contribution in [0.25, 0.3) is 5.69 Å². The Morgan fingerprint density at radius 1 is 1.44 bits per heavy atom. The Bertz CT molecular complexity index is 556. The highest BCUT2D eigenvalue weighted by Gasteiger charge is 2.17. The van der Waals surface area contributed by atoms with E-state index in [2.05, 4.69) is 28.5 Å². The minimum Gasteiger partial charge on any atom is -0.310 e. The van der Waals surface area contributed by atoms with Gasteiger partial charge in [0.05, 0.1) is 10.7 Å². The molecule has 1 aromatic carbocycles. The molecule has 0 radical (unpaired) electrons. The van der Waals surface area contributed by atoms with E-state index in [1.54, 1.807) is 6.20 Å². The highest BCUT2D eigenvalue weighted by molar-refractivity contribution is 6.32. The molecule has 1 saturated heterocycles. The fraction of sp³-hybridized carbons (Fsp3) is 0.357. The van der Waals surface area contributed by atoms with Crippen LogP contribution in [0.15, 0.2) is 30.6 Å². The zero-order valence-electron chi connectivity index (χ0n) is 10.4. The Labute approximate surface area is 112 Å². The molecule has 0 bridgehead atoms. The third-order valence-electron chi connectivity index (χ3n) is 3.52. The maximum absolute atomic E-state index is 6.39. The van der Waals surface area contributed by atoms with Crippen molar-refractivity contribution < 1.29 is 0 Å². The standard InChI is InChI=1S/C14H16ClN3/c1-10-16-7-8-18(10)14-5-4-11(9-12(14)15)13-3-2-6-17-13/h4-5,7-9,13,17H,2-3,6H2,1H3. The van der Waals surface area contributed by atoms with Gasteiger partial charge < -0.3 is 9.88 Å². The van der Waals surface area contributed by atoms with Crippen LogP contribution in [0.4, 0.5) is 0 Å². The fourth-order valence-corrected chi connectivity index (χ4v) is 2.82. The third-order valence-corrected chi connectivity index (χ3v) is 3.82. The highest BCUT2D eigenvalue weighted by Crippen LogP contribution is 2.29. The number of imidazole rings is 1. The number of benzene rings is 1. The summed E-state index contributed by atoms with van der Waals surface area (Å²) in [6, 6.07) is 6.76. The molecule has 1 fully saturated rings. The summed E-state index contributed by atoms with van der Waals surface area (Å²) in [6.07, 6.45) is 6.16. The van der Waals surface area contributed by atoms with E-state index in [-0.39, 0.29) is 0 Å². The van der Waals surface area contributed by atoms with Gasteiger partial charge in [-0.25, -0.2) is 4.98 Å². The molecule has 18 heavy (non-hydrogen) atoms. The Morgan fingerprint density at radius 3 is 2.94 bits per heavy atom. The van der Waals surface area contributed by atoms with Crippen molar-refractivity contribution in [2.24, 2.45) is 0 Å². The first-order valence-corrected chi connectivity index (χ1v) is 6.66. The largest absolute Gasteiger partial charge is 0.310 e. The minimum absolute atomic E-state index is 0.459. The van der Waals surface area contributed by atoms with E-state index in [1.165, 1.54) is 18.4 Å². The van der Waals surface area contributed by atoms with Gasteiger partial charge in [0.15, 0.2) is 0 Å². The van der Waals surface area contributed by atoms with Crippen LogP contribution < -0.4 is 5.32 Å². The number of hydrogen-bond acceptors (Lipinski definition) is 2. The van der Waals surface area contributed by atoms with Crippen LogP contribution in [0.1, 0.15) is 30.3 Å². The Kier molecular flexibility index (Phi) is 3.10. The summed E-state index contributed by atoms with van der Waals surface area (Å²) in [5.41, 5.74) is 2.27. The van der Waals surface area contributed by atoms with E-state index in [0.29, 0.717) is 6.04 Å². The molecule has 1 atom stereocenters. The number of nitrogens with zero attached hydrogens (tertiary/aromatic N) is 2. The first-order valence-electron chi connectivity index (χ1n) is 6.29. The van der Waals surface area contributed by atoms with Gasteiger partial charge in [0, 0.05) is 18.4 Å². The summed E-state index contributed by atoms with van der Waals surface area (Å²) >= 11 is 6.39. The van der Waals surface area contributed by atoms with E-state index in [9.17, 15) is 0 Å². The van der Waals surface area contributed by atoms with Gasteiger partial charge in [-0.2, -0.15) is 0 Å². The SMILES string of the molecule is Cc1nccn1-c1ccc(C2CCCN2)cc1Cl. The van der Waals surface area contributed by atoms with Crippen molar-refractivity contribution >= 4 is 11.6 Å². The normalized spacial score (nSPS) is 19.3. The van der Waals surface area contributed by atoms with E-state index >= 15 is 0 Å². The monoisotopic (exact) mass is 261 g/mol. The average molecular weight is 262 g/mol. The second kappa shape index (κ2) is 4.75. The Morgan fingerprint density at radius 2 is 2.33 bits per heavy atom. The fourth-order valence-electron chi connectivity index (χ4n) is 2.54. The van der Waals surface area contributed by atoms with Crippen LogP contribution in [-0.4, -0.2) is 16.1 Å². The van der Waals surface area contributed by atoms with E-state index in [4.69, 9.17) is 11.6 Å².